The van der Waals surface area contributed by atoms with E-state index in [1.54, 1.807) is 19.2 Å². The lowest BCUT2D eigenvalue weighted by Crippen LogP contribution is -2.09. The summed E-state index contributed by atoms with van der Waals surface area (Å²) in [6.07, 6.45) is 0. The number of methoxy groups -OCH3 is 1. The van der Waals surface area contributed by atoms with E-state index >= 15 is 0 Å². The van der Waals surface area contributed by atoms with Crippen molar-refractivity contribution in [2.24, 2.45) is 0 Å². The summed E-state index contributed by atoms with van der Waals surface area (Å²) < 4.78 is 5.21. The smallest absolute Gasteiger partial charge is 0.192 e. The van der Waals surface area contributed by atoms with Crippen LogP contribution in [0.4, 0.5) is 0 Å². The maximum atomic E-state index is 12.6. The largest absolute Gasteiger partial charge is 0.495 e. The molecule has 0 atom stereocenters. The molecule has 1 aromatic heterocycles. The van der Waals surface area contributed by atoms with Crippen molar-refractivity contribution in [2.45, 2.75) is 6.92 Å². The third-order valence-corrected chi connectivity index (χ3v) is 3.87. The Labute approximate surface area is 127 Å². The number of hydrogen-bond donors (Lipinski definition) is 1. The molecule has 0 spiro atoms. The second-order valence-electron chi connectivity index (χ2n) is 4.85. The molecular formula is C17H14ClNO2. The molecule has 1 N–H and O–H groups in total. The summed E-state index contributed by atoms with van der Waals surface area (Å²) in [6.45, 7) is 1.82. The molecule has 0 aliphatic rings. The molecule has 21 heavy (non-hydrogen) atoms. The van der Waals surface area contributed by atoms with E-state index in [0.29, 0.717) is 27.2 Å². The minimum absolute atomic E-state index is 0.0212. The van der Waals surface area contributed by atoms with Gasteiger partial charge in [0.1, 0.15) is 5.75 Å². The van der Waals surface area contributed by atoms with Crippen molar-refractivity contribution in [2.75, 3.05) is 7.11 Å². The molecule has 3 rings (SSSR count). The Morgan fingerprint density at radius 3 is 2.52 bits per heavy atom. The lowest BCUT2D eigenvalue weighted by atomic mass is 10.0. The van der Waals surface area contributed by atoms with Crippen molar-refractivity contribution < 1.29 is 4.74 Å². The molecule has 0 saturated carbocycles. The van der Waals surface area contributed by atoms with Crippen LogP contribution in [0.15, 0.2) is 47.3 Å². The Balaban J connectivity index is 2.36. The van der Waals surface area contributed by atoms with Gasteiger partial charge in [0.15, 0.2) is 5.43 Å². The SMILES string of the molecule is COc1cc2[nH]c(-c3ccccc3)c(C)c(=O)c2cc1Cl. The summed E-state index contributed by atoms with van der Waals surface area (Å²) in [5.74, 6) is 0.544. The molecule has 3 nitrogen and oxygen atoms in total. The summed E-state index contributed by atoms with van der Waals surface area (Å²) in [5, 5.41) is 1.00. The first kappa shape index (κ1) is 13.7. The number of aromatic nitrogens is 1. The van der Waals surface area contributed by atoms with Crippen molar-refractivity contribution in [1.82, 2.24) is 4.98 Å². The van der Waals surface area contributed by atoms with Gasteiger partial charge in [0.25, 0.3) is 0 Å². The number of halogens is 1. The second-order valence-corrected chi connectivity index (χ2v) is 5.26. The Morgan fingerprint density at radius 2 is 1.86 bits per heavy atom. The standard InChI is InChI=1S/C17H14ClNO2/c1-10-16(11-6-4-3-5-7-11)19-14-9-15(21-2)13(18)8-12(14)17(10)20/h3-9H,1-2H3,(H,19,20). The van der Waals surface area contributed by atoms with E-state index in [4.69, 9.17) is 16.3 Å². The number of rotatable bonds is 2. The van der Waals surface area contributed by atoms with Gasteiger partial charge in [0.2, 0.25) is 0 Å². The van der Waals surface area contributed by atoms with Gasteiger partial charge in [-0.2, -0.15) is 0 Å². The van der Waals surface area contributed by atoms with Crippen LogP contribution in [0.3, 0.4) is 0 Å². The molecule has 0 saturated heterocycles. The summed E-state index contributed by atoms with van der Waals surface area (Å²) >= 11 is 6.11. The van der Waals surface area contributed by atoms with Crippen LogP contribution in [0, 0.1) is 6.92 Å². The van der Waals surface area contributed by atoms with Crippen LogP contribution >= 0.6 is 11.6 Å². The maximum absolute atomic E-state index is 12.6. The second kappa shape index (κ2) is 5.26. The predicted molar refractivity (Wildman–Crippen MR) is 86.3 cm³/mol. The number of hydrogen-bond acceptors (Lipinski definition) is 2. The monoisotopic (exact) mass is 299 g/mol. The van der Waals surface area contributed by atoms with Gasteiger partial charge in [0, 0.05) is 17.0 Å². The average Bonchev–Trinajstić information content (AvgIpc) is 2.52. The van der Waals surface area contributed by atoms with E-state index in [0.717, 1.165) is 11.3 Å². The van der Waals surface area contributed by atoms with E-state index in [2.05, 4.69) is 4.98 Å². The van der Waals surface area contributed by atoms with Gasteiger partial charge < -0.3 is 9.72 Å². The van der Waals surface area contributed by atoms with Gasteiger partial charge >= 0.3 is 0 Å². The summed E-state index contributed by atoms with van der Waals surface area (Å²) in [6, 6.07) is 13.2. The predicted octanol–water partition coefficient (Wildman–Crippen LogP) is 4.17. The van der Waals surface area contributed by atoms with Crippen molar-refractivity contribution in [1.29, 1.82) is 0 Å². The number of benzene rings is 2. The van der Waals surface area contributed by atoms with Crippen molar-refractivity contribution >= 4 is 22.5 Å². The highest BCUT2D eigenvalue weighted by Crippen LogP contribution is 2.29. The minimum Gasteiger partial charge on any atom is -0.495 e. The molecule has 0 aliphatic heterocycles. The van der Waals surface area contributed by atoms with Gasteiger partial charge in [-0.15, -0.1) is 0 Å². The summed E-state index contributed by atoms with van der Waals surface area (Å²) in [5.41, 5.74) is 3.16. The van der Waals surface area contributed by atoms with Crippen LogP contribution in [0.5, 0.6) is 5.75 Å². The van der Waals surface area contributed by atoms with Gasteiger partial charge in [-0.25, -0.2) is 0 Å². The molecule has 0 radical (unpaired) electrons. The Hall–Kier alpha value is -2.26. The molecular weight excluding hydrogens is 286 g/mol. The zero-order valence-electron chi connectivity index (χ0n) is 11.7. The van der Waals surface area contributed by atoms with E-state index in [1.165, 1.54) is 0 Å². The molecule has 3 aromatic rings. The molecule has 0 fully saturated rings. The number of fused-ring (bicyclic) bond motifs is 1. The van der Waals surface area contributed by atoms with E-state index in [-0.39, 0.29) is 5.43 Å². The molecule has 0 bridgehead atoms. The Kier molecular flexibility index (Phi) is 3.43. The third kappa shape index (κ3) is 2.30. The topological polar surface area (TPSA) is 42.1 Å². The van der Waals surface area contributed by atoms with Crippen LogP contribution < -0.4 is 10.2 Å². The molecule has 0 aliphatic carbocycles. The molecule has 106 valence electrons. The van der Waals surface area contributed by atoms with Crippen LogP contribution in [-0.4, -0.2) is 12.1 Å². The first-order valence-electron chi connectivity index (χ1n) is 6.57. The maximum Gasteiger partial charge on any atom is 0.192 e. The van der Waals surface area contributed by atoms with Crippen LogP contribution in [-0.2, 0) is 0 Å². The van der Waals surface area contributed by atoms with Crippen LogP contribution in [0.2, 0.25) is 5.02 Å². The molecule has 2 aromatic carbocycles. The fourth-order valence-corrected chi connectivity index (χ4v) is 2.68. The van der Waals surface area contributed by atoms with Crippen LogP contribution in [0.25, 0.3) is 22.2 Å². The Morgan fingerprint density at radius 1 is 1.14 bits per heavy atom. The zero-order valence-corrected chi connectivity index (χ0v) is 12.5. The molecule has 4 heteroatoms. The first-order chi connectivity index (χ1) is 10.1. The van der Waals surface area contributed by atoms with Gasteiger partial charge in [-0.3, -0.25) is 4.79 Å². The first-order valence-corrected chi connectivity index (χ1v) is 6.95. The van der Waals surface area contributed by atoms with Gasteiger partial charge in [0.05, 0.1) is 23.3 Å². The zero-order chi connectivity index (χ0) is 15.0. The average molecular weight is 300 g/mol. The van der Waals surface area contributed by atoms with Gasteiger partial charge in [-0.1, -0.05) is 41.9 Å². The number of H-pyrrole nitrogens is 1. The van der Waals surface area contributed by atoms with Crippen molar-refractivity contribution in [3.63, 3.8) is 0 Å². The molecule has 0 amide bonds. The highest BCUT2D eigenvalue weighted by molar-refractivity contribution is 6.32. The van der Waals surface area contributed by atoms with Gasteiger partial charge in [-0.05, 0) is 18.6 Å². The quantitative estimate of drug-likeness (QED) is 0.772. The minimum atomic E-state index is -0.0212. The van der Waals surface area contributed by atoms with E-state index < -0.39 is 0 Å². The summed E-state index contributed by atoms with van der Waals surface area (Å²) in [7, 11) is 1.55. The molecule has 0 unspecified atom stereocenters. The Bertz CT molecular complexity index is 869. The highest BCUT2D eigenvalue weighted by Gasteiger charge is 2.12. The number of pyridine rings is 1. The molecule has 1 heterocycles. The lowest BCUT2D eigenvalue weighted by Gasteiger charge is -2.10. The normalized spacial score (nSPS) is 10.8. The number of aromatic amines is 1. The fourth-order valence-electron chi connectivity index (χ4n) is 2.44. The van der Waals surface area contributed by atoms with E-state index in [1.807, 2.05) is 37.3 Å². The third-order valence-electron chi connectivity index (χ3n) is 3.57. The number of nitrogens with one attached hydrogen (secondary N) is 1. The van der Waals surface area contributed by atoms with Crippen molar-refractivity contribution in [3.8, 4) is 17.0 Å². The highest BCUT2D eigenvalue weighted by atomic mass is 35.5. The van der Waals surface area contributed by atoms with E-state index in [9.17, 15) is 4.79 Å². The number of ether oxygens (including phenoxy) is 1. The van der Waals surface area contributed by atoms with Crippen LogP contribution in [0.1, 0.15) is 5.56 Å². The fraction of sp³-hybridized carbons (Fsp3) is 0.118. The summed E-state index contributed by atoms with van der Waals surface area (Å²) in [4.78, 5) is 15.9. The lowest BCUT2D eigenvalue weighted by molar-refractivity contribution is 0.415. The van der Waals surface area contributed by atoms with Crippen molar-refractivity contribution in [3.05, 3.63) is 63.3 Å².